The number of likely N-dealkylation sites (tertiary alicyclic amines) is 1. The first-order valence-corrected chi connectivity index (χ1v) is 7.00. The van der Waals surface area contributed by atoms with E-state index in [-0.39, 0.29) is 12.0 Å². The number of halogens is 1. The van der Waals surface area contributed by atoms with Gasteiger partial charge in [0, 0.05) is 37.6 Å². The fraction of sp³-hybridized carbons (Fsp3) is 0.533. The van der Waals surface area contributed by atoms with Crippen LogP contribution in [0.3, 0.4) is 0 Å². The van der Waals surface area contributed by atoms with E-state index < -0.39 is 0 Å². The van der Waals surface area contributed by atoms with Crippen LogP contribution in [0.25, 0.3) is 11.0 Å². The van der Waals surface area contributed by atoms with Crippen LogP contribution in [0, 0.1) is 5.82 Å². The van der Waals surface area contributed by atoms with Crippen molar-refractivity contribution in [2.24, 2.45) is 0 Å². The first kappa shape index (κ1) is 13.5. The summed E-state index contributed by atoms with van der Waals surface area (Å²) >= 11 is 0. The third-order valence-corrected chi connectivity index (χ3v) is 4.23. The number of aromatic nitrogens is 1. The van der Waals surface area contributed by atoms with E-state index in [0.29, 0.717) is 11.5 Å². The second-order valence-electron chi connectivity index (χ2n) is 5.35. The molecule has 0 amide bonds. The minimum Gasteiger partial charge on any atom is -0.367 e. The molecule has 1 saturated heterocycles. The summed E-state index contributed by atoms with van der Waals surface area (Å²) in [6.07, 6.45) is 2.19. The number of rotatable bonds is 3. The molecule has 1 aliphatic rings. The van der Waals surface area contributed by atoms with E-state index >= 15 is 0 Å². The Morgan fingerprint density at radius 3 is 2.85 bits per heavy atom. The highest BCUT2D eigenvalue weighted by molar-refractivity contribution is 5.79. The molecule has 1 aromatic heterocycles. The van der Waals surface area contributed by atoms with Crippen LogP contribution < -0.4 is 0 Å². The zero-order valence-corrected chi connectivity index (χ0v) is 11.8. The van der Waals surface area contributed by atoms with Gasteiger partial charge in [0.25, 0.3) is 0 Å². The van der Waals surface area contributed by atoms with E-state index in [2.05, 4.69) is 17.0 Å². The van der Waals surface area contributed by atoms with Crippen molar-refractivity contribution in [3.05, 3.63) is 29.7 Å². The molecule has 1 aromatic carbocycles. The van der Waals surface area contributed by atoms with Crippen molar-refractivity contribution in [2.75, 3.05) is 20.2 Å². The van der Waals surface area contributed by atoms with Crippen LogP contribution >= 0.6 is 0 Å². The second kappa shape index (κ2) is 5.50. The summed E-state index contributed by atoms with van der Waals surface area (Å²) in [6.45, 7) is 4.03. The number of ether oxygens (including phenoxy) is 1. The van der Waals surface area contributed by atoms with Gasteiger partial charge in [-0.1, -0.05) is 5.16 Å². The third kappa shape index (κ3) is 2.43. The van der Waals surface area contributed by atoms with Crippen LogP contribution in [0.15, 0.2) is 22.7 Å². The molecule has 1 fully saturated rings. The fourth-order valence-corrected chi connectivity index (χ4v) is 2.91. The van der Waals surface area contributed by atoms with Crippen molar-refractivity contribution in [3.63, 3.8) is 0 Å². The minimum absolute atomic E-state index is 0.152. The van der Waals surface area contributed by atoms with Crippen molar-refractivity contribution < 1.29 is 13.7 Å². The summed E-state index contributed by atoms with van der Waals surface area (Å²) in [5.74, 6) is 0.0888. The van der Waals surface area contributed by atoms with E-state index in [4.69, 9.17) is 9.26 Å². The molecule has 0 radical (unpaired) electrons. The number of nitrogens with zero attached hydrogens (tertiary/aromatic N) is 2. The molecule has 1 unspecified atom stereocenters. The molecule has 108 valence electrons. The number of methoxy groups -OCH3 is 1. The summed E-state index contributed by atoms with van der Waals surface area (Å²) in [5.41, 5.74) is 1.50. The zero-order valence-electron chi connectivity index (χ0n) is 11.8. The predicted octanol–water partition coefficient (Wildman–Crippen LogP) is 3.14. The van der Waals surface area contributed by atoms with E-state index in [9.17, 15) is 4.39 Å². The Bertz CT molecular complexity index is 591. The van der Waals surface area contributed by atoms with Gasteiger partial charge in [0.05, 0.1) is 5.69 Å². The van der Waals surface area contributed by atoms with Crippen LogP contribution in [0.5, 0.6) is 0 Å². The SMILES string of the molecule is COC(C)N1CCC(c2noc3cc(F)ccc23)CC1. The Labute approximate surface area is 117 Å². The molecular formula is C15H19FN2O2. The van der Waals surface area contributed by atoms with Gasteiger partial charge in [0.15, 0.2) is 5.58 Å². The predicted molar refractivity (Wildman–Crippen MR) is 74.0 cm³/mol. The lowest BCUT2D eigenvalue weighted by Crippen LogP contribution is -2.40. The standard InChI is InChI=1S/C15H19FN2O2/c1-10(19-2)18-7-5-11(6-8-18)15-13-4-3-12(16)9-14(13)20-17-15/h3-4,9-11H,5-8H2,1-2H3. The summed E-state index contributed by atoms with van der Waals surface area (Å²) < 4.78 is 23.8. The third-order valence-electron chi connectivity index (χ3n) is 4.23. The average molecular weight is 278 g/mol. The average Bonchev–Trinajstić information content (AvgIpc) is 2.89. The van der Waals surface area contributed by atoms with Gasteiger partial charge in [-0.15, -0.1) is 0 Å². The zero-order chi connectivity index (χ0) is 14.1. The number of hydrogen-bond acceptors (Lipinski definition) is 4. The monoisotopic (exact) mass is 278 g/mol. The first-order valence-electron chi connectivity index (χ1n) is 7.00. The number of benzene rings is 1. The number of hydrogen-bond donors (Lipinski definition) is 0. The van der Waals surface area contributed by atoms with Gasteiger partial charge < -0.3 is 9.26 Å². The van der Waals surface area contributed by atoms with Crippen LogP contribution in [-0.4, -0.2) is 36.5 Å². The molecule has 20 heavy (non-hydrogen) atoms. The van der Waals surface area contributed by atoms with Crippen molar-refractivity contribution in [1.82, 2.24) is 10.1 Å². The maximum absolute atomic E-state index is 13.2. The maximum atomic E-state index is 13.2. The van der Waals surface area contributed by atoms with E-state index in [1.54, 1.807) is 13.2 Å². The summed E-state index contributed by atoms with van der Waals surface area (Å²) in [6, 6.07) is 4.62. The summed E-state index contributed by atoms with van der Waals surface area (Å²) in [7, 11) is 1.73. The minimum atomic E-state index is -0.288. The molecule has 0 spiro atoms. The molecule has 0 N–H and O–H groups in total. The Morgan fingerprint density at radius 2 is 2.15 bits per heavy atom. The lowest BCUT2D eigenvalue weighted by molar-refractivity contribution is -0.0307. The van der Waals surface area contributed by atoms with Crippen LogP contribution in [0.2, 0.25) is 0 Å². The van der Waals surface area contributed by atoms with Gasteiger partial charge in [0.2, 0.25) is 0 Å². The van der Waals surface area contributed by atoms with Crippen LogP contribution in [-0.2, 0) is 4.74 Å². The van der Waals surface area contributed by atoms with Gasteiger partial charge >= 0.3 is 0 Å². The molecule has 5 heteroatoms. The molecule has 0 saturated carbocycles. The quantitative estimate of drug-likeness (QED) is 0.864. The highest BCUT2D eigenvalue weighted by Crippen LogP contribution is 2.33. The number of piperidine rings is 1. The van der Waals surface area contributed by atoms with Crippen molar-refractivity contribution in [1.29, 1.82) is 0 Å². The molecule has 1 aliphatic heterocycles. The lowest BCUT2D eigenvalue weighted by atomic mass is 9.91. The van der Waals surface area contributed by atoms with Crippen molar-refractivity contribution in [2.45, 2.75) is 31.9 Å². The van der Waals surface area contributed by atoms with E-state index in [0.717, 1.165) is 37.0 Å². The van der Waals surface area contributed by atoms with Crippen molar-refractivity contribution >= 4 is 11.0 Å². The Morgan fingerprint density at radius 1 is 1.40 bits per heavy atom. The van der Waals surface area contributed by atoms with Gasteiger partial charge in [-0.25, -0.2) is 4.39 Å². The Balaban J connectivity index is 1.77. The largest absolute Gasteiger partial charge is 0.367 e. The first-order chi connectivity index (χ1) is 9.69. The smallest absolute Gasteiger partial charge is 0.170 e. The van der Waals surface area contributed by atoms with E-state index in [1.807, 2.05) is 0 Å². The Kier molecular flexibility index (Phi) is 3.72. The van der Waals surface area contributed by atoms with Gasteiger partial charge in [-0.2, -0.15) is 0 Å². The molecule has 0 bridgehead atoms. The van der Waals surface area contributed by atoms with Crippen molar-refractivity contribution in [3.8, 4) is 0 Å². The molecule has 2 aromatic rings. The molecular weight excluding hydrogens is 259 g/mol. The number of fused-ring (bicyclic) bond motifs is 1. The lowest BCUT2D eigenvalue weighted by Gasteiger charge is -2.34. The molecule has 1 atom stereocenters. The van der Waals surface area contributed by atoms with Gasteiger partial charge in [-0.05, 0) is 31.9 Å². The van der Waals surface area contributed by atoms with E-state index in [1.165, 1.54) is 12.1 Å². The molecule has 0 aliphatic carbocycles. The second-order valence-corrected chi connectivity index (χ2v) is 5.35. The maximum Gasteiger partial charge on any atom is 0.170 e. The van der Waals surface area contributed by atoms with Crippen LogP contribution in [0.4, 0.5) is 4.39 Å². The molecule has 2 heterocycles. The summed E-state index contributed by atoms with van der Waals surface area (Å²) in [5, 5.41) is 5.09. The highest BCUT2D eigenvalue weighted by Gasteiger charge is 2.27. The molecule has 4 nitrogen and oxygen atoms in total. The van der Waals surface area contributed by atoms with Gasteiger partial charge in [0.1, 0.15) is 12.0 Å². The normalized spacial score (nSPS) is 19.6. The fourth-order valence-electron chi connectivity index (χ4n) is 2.91. The van der Waals surface area contributed by atoms with Gasteiger partial charge in [-0.3, -0.25) is 4.90 Å². The topological polar surface area (TPSA) is 38.5 Å². The molecule has 3 rings (SSSR count). The highest BCUT2D eigenvalue weighted by atomic mass is 19.1. The summed E-state index contributed by atoms with van der Waals surface area (Å²) in [4.78, 5) is 2.32. The Hall–Kier alpha value is -1.46. The van der Waals surface area contributed by atoms with Crippen LogP contribution in [0.1, 0.15) is 31.4 Å².